The molecule has 2 aromatic carbocycles. The van der Waals surface area contributed by atoms with Gasteiger partial charge in [0.05, 0.1) is 29.8 Å². The van der Waals surface area contributed by atoms with Gasteiger partial charge in [0.2, 0.25) is 0 Å². The Morgan fingerprint density at radius 1 is 1.09 bits per heavy atom. The number of methoxy groups -OCH3 is 1. The standard InChI is InChI=1S/C26H30N6O2S/c1-17-8-7-9-21-23(17)27-22(28-25(21)33)16-35-26-30-29-24(18(2)31-14-5-4-6-15-31)32(26)19-10-12-20(34-3)13-11-19/h7-13,18H,4-6,14-16H2,1-3H3,(H,27,28,33)/t18-/m1/s1. The van der Waals surface area contributed by atoms with Gasteiger partial charge in [-0.3, -0.25) is 14.3 Å². The van der Waals surface area contributed by atoms with E-state index in [-0.39, 0.29) is 11.6 Å². The maximum absolute atomic E-state index is 12.6. The molecule has 0 saturated carbocycles. The summed E-state index contributed by atoms with van der Waals surface area (Å²) in [6.45, 7) is 6.32. The highest BCUT2D eigenvalue weighted by Crippen LogP contribution is 2.31. The number of aromatic nitrogens is 5. The Morgan fingerprint density at radius 3 is 2.60 bits per heavy atom. The number of aromatic amines is 1. The summed E-state index contributed by atoms with van der Waals surface area (Å²) in [7, 11) is 1.66. The summed E-state index contributed by atoms with van der Waals surface area (Å²) in [5.74, 6) is 2.81. The topological polar surface area (TPSA) is 88.9 Å². The van der Waals surface area contributed by atoms with Gasteiger partial charge in [-0.1, -0.05) is 30.3 Å². The lowest BCUT2D eigenvalue weighted by atomic mass is 10.1. The summed E-state index contributed by atoms with van der Waals surface area (Å²) < 4.78 is 7.47. The zero-order valence-corrected chi connectivity index (χ0v) is 21.1. The summed E-state index contributed by atoms with van der Waals surface area (Å²) in [5, 5.41) is 10.6. The number of H-pyrrole nitrogens is 1. The van der Waals surface area contributed by atoms with Crippen molar-refractivity contribution in [3.8, 4) is 11.4 Å². The van der Waals surface area contributed by atoms with Gasteiger partial charge in [-0.2, -0.15) is 0 Å². The Kier molecular flexibility index (Phi) is 6.88. The van der Waals surface area contributed by atoms with E-state index in [4.69, 9.17) is 9.72 Å². The molecule has 0 spiro atoms. The highest BCUT2D eigenvalue weighted by atomic mass is 32.2. The predicted octanol–water partition coefficient (Wildman–Crippen LogP) is 4.66. The van der Waals surface area contributed by atoms with Gasteiger partial charge in [0.25, 0.3) is 5.56 Å². The van der Waals surface area contributed by atoms with E-state index in [2.05, 4.69) is 31.6 Å². The average molecular weight is 491 g/mol. The number of nitrogens with one attached hydrogen (secondary N) is 1. The molecule has 0 radical (unpaired) electrons. The zero-order chi connectivity index (χ0) is 24.4. The third-order valence-electron chi connectivity index (χ3n) is 6.63. The molecule has 0 bridgehead atoms. The fraction of sp³-hybridized carbons (Fsp3) is 0.385. The van der Waals surface area contributed by atoms with E-state index in [0.29, 0.717) is 17.0 Å². The molecule has 8 nitrogen and oxygen atoms in total. The third kappa shape index (κ3) is 4.83. The Balaban J connectivity index is 1.48. The SMILES string of the molecule is COc1ccc(-n2c(SCc3nc4c(C)cccc4c(=O)[nH]3)nnc2[C@@H](C)N2CCCCC2)cc1. The Morgan fingerprint density at radius 2 is 1.86 bits per heavy atom. The van der Waals surface area contributed by atoms with Gasteiger partial charge in [-0.25, -0.2) is 4.98 Å². The number of aryl methyl sites for hydroxylation is 1. The van der Waals surface area contributed by atoms with Crippen LogP contribution < -0.4 is 10.3 Å². The van der Waals surface area contributed by atoms with Crippen LogP contribution in [0, 0.1) is 6.92 Å². The molecule has 182 valence electrons. The molecule has 35 heavy (non-hydrogen) atoms. The van der Waals surface area contributed by atoms with Crippen molar-refractivity contribution < 1.29 is 4.74 Å². The highest BCUT2D eigenvalue weighted by Gasteiger charge is 2.25. The lowest BCUT2D eigenvalue weighted by Crippen LogP contribution is -2.33. The fourth-order valence-electron chi connectivity index (χ4n) is 4.64. The van der Waals surface area contributed by atoms with Gasteiger partial charge >= 0.3 is 0 Å². The molecule has 9 heteroatoms. The van der Waals surface area contributed by atoms with Crippen LogP contribution in [0.5, 0.6) is 5.75 Å². The van der Waals surface area contributed by atoms with Crippen LogP contribution in [-0.4, -0.2) is 49.8 Å². The second kappa shape index (κ2) is 10.2. The van der Waals surface area contributed by atoms with Crippen LogP contribution in [-0.2, 0) is 5.75 Å². The second-order valence-electron chi connectivity index (χ2n) is 8.92. The maximum atomic E-state index is 12.6. The molecule has 1 aliphatic rings. The molecule has 1 atom stereocenters. The first kappa shape index (κ1) is 23.6. The van der Waals surface area contributed by atoms with Crippen molar-refractivity contribution in [2.75, 3.05) is 20.2 Å². The normalized spacial score (nSPS) is 15.4. The fourth-order valence-corrected chi connectivity index (χ4v) is 5.47. The number of likely N-dealkylation sites (tertiary alicyclic amines) is 1. The number of thioether (sulfide) groups is 1. The number of nitrogens with zero attached hydrogens (tertiary/aromatic N) is 5. The van der Waals surface area contributed by atoms with Gasteiger partial charge < -0.3 is 9.72 Å². The van der Waals surface area contributed by atoms with E-state index in [0.717, 1.165) is 46.6 Å². The van der Waals surface area contributed by atoms with Crippen molar-refractivity contribution >= 4 is 22.7 Å². The van der Waals surface area contributed by atoms with Gasteiger partial charge in [-0.05, 0) is 75.7 Å². The number of para-hydroxylation sites is 1. The molecule has 1 N–H and O–H groups in total. The lowest BCUT2D eigenvalue weighted by molar-refractivity contribution is 0.167. The molecule has 5 rings (SSSR count). The number of hydrogen-bond acceptors (Lipinski definition) is 7. The van der Waals surface area contributed by atoms with Crippen molar-refractivity contribution in [3.63, 3.8) is 0 Å². The maximum Gasteiger partial charge on any atom is 0.258 e. The van der Waals surface area contributed by atoms with Gasteiger partial charge in [-0.15, -0.1) is 10.2 Å². The summed E-state index contributed by atoms with van der Waals surface area (Å²) in [6, 6.07) is 13.7. The molecule has 0 aliphatic carbocycles. The number of piperidine rings is 1. The number of rotatable bonds is 7. The minimum Gasteiger partial charge on any atom is -0.497 e. The summed E-state index contributed by atoms with van der Waals surface area (Å²) >= 11 is 1.52. The van der Waals surface area contributed by atoms with Gasteiger partial charge in [0.15, 0.2) is 11.0 Å². The zero-order valence-electron chi connectivity index (χ0n) is 20.3. The van der Waals surface area contributed by atoms with Crippen LogP contribution in [0.25, 0.3) is 16.6 Å². The van der Waals surface area contributed by atoms with Gasteiger partial charge in [0, 0.05) is 5.69 Å². The van der Waals surface area contributed by atoms with E-state index in [1.54, 1.807) is 13.2 Å². The van der Waals surface area contributed by atoms with Crippen LogP contribution in [0.4, 0.5) is 0 Å². The van der Waals surface area contributed by atoms with Crippen molar-refractivity contribution in [3.05, 3.63) is 70.0 Å². The van der Waals surface area contributed by atoms with Crippen LogP contribution in [0.15, 0.2) is 52.4 Å². The highest BCUT2D eigenvalue weighted by molar-refractivity contribution is 7.98. The molecule has 0 unspecified atom stereocenters. The van der Waals surface area contributed by atoms with Crippen molar-refractivity contribution in [1.29, 1.82) is 0 Å². The molecule has 0 amide bonds. The quantitative estimate of drug-likeness (QED) is 0.377. The second-order valence-corrected chi connectivity index (χ2v) is 9.86. The molecule has 1 aliphatic heterocycles. The van der Waals surface area contributed by atoms with Crippen LogP contribution in [0.3, 0.4) is 0 Å². The number of benzene rings is 2. The molecule has 3 heterocycles. The van der Waals surface area contributed by atoms with Crippen LogP contribution in [0.2, 0.25) is 0 Å². The molecular formula is C26H30N6O2S. The van der Waals surface area contributed by atoms with E-state index < -0.39 is 0 Å². The average Bonchev–Trinajstić information content (AvgIpc) is 3.32. The summed E-state index contributed by atoms with van der Waals surface area (Å²) in [4.78, 5) is 22.8. The third-order valence-corrected chi connectivity index (χ3v) is 7.57. The smallest absolute Gasteiger partial charge is 0.258 e. The van der Waals surface area contributed by atoms with Crippen molar-refractivity contribution in [1.82, 2.24) is 29.6 Å². The molecule has 1 saturated heterocycles. The van der Waals surface area contributed by atoms with E-state index in [1.807, 2.05) is 43.3 Å². The monoisotopic (exact) mass is 490 g/mol. The number of hydrogen-bond donors (Lipinski definition) is 1. The largest absolute Gasteiger partial charge is 0.497 e. The van der Waals surface area contributed by atoms with E-state index in [9.17, 15) is 4.79 Å². The van der Waals surface area contributed by atoms with E-state index in [1.165, 1.54) is 31.0 Å². The van der Waals surface area contributed by atoms with Crippen LogP contribution >= 0.6 is 11.8 Å². The minimum absolute atomic E-state index is 0.120. The van der Waals surface area contributed by atoms with Crippen LogP contribution in [0.1, 0.15) is 49.4 Å². The Hall–Kier alpha value is -3.17. The summed E-state index contributed by atoms with van der Waals surface area (Å²) in [5.41, 5.74) is 2.58. The molecule has 1 fully saturated rings. The van der Waals surface area contributed by atoms with Crippen molar-refractivity contribution in [2.24, 2.45) is 0 Å². The molecule has 4 aromatic rings. The first-order valence-corrected chi connectivity index (χ1v) is 13.0. The minimum atomic E-state index is -0.120. The first-order valence-electron chi connectivity index (χ1n) is 12.0. The molecular weight excluding hydrogens is 460 g/mol. The Labute approximate surface area is 208 Å². The number of fused-ring (bicyclic) bond motifs is 1. The molecule has 2 aromatic heterocycles. The van der Waals surface area contributed by atoms with Gasteiger partial charge in [0.1, 0.15) is 11.6 Å². The summed E-state index contributed by atoms with van der Waals surface area (Å²) in [6.07, 6.45) is 3.71. The first-order chi connectivity index (χ1) is 17.0. The predicted molar refractivity (Wildman–Crippen MR) is 138 cm³/mol. The Bertz CT molecular complexity index is 1380. The van der Waals surface area contributed by atoms with E-state index >= 15 is 0 Å². The number of ether oxygens (including phenoxy) is 1. The lowest BCUT2D eigenvalue weighted by Gasteiger charge is -2.31. The van der Waals surface area contributed by atoms with Crippen molar-refractivity contribution in [2.45, 2.75) is 50.1 Å².